The van der Waals surface area contributed by atoms with Crippen molar-refractivity contribution in [2.45, 2.75) is 78.0 Å². The third-order valence-electron chi connectivity index (χ3n) is 7.29. The first kappa shape index (κ1) is 37.0. The van der Waals surface area contributed by atoms with Gasteiger partial charge < -0.3 is 24.3 Å². The molecule has 3 aromatic carbocycles. The van der Waals surface area contributed by atoms with Crippen LogP contribution in [0.4, 0.5) is 5.95 Å². The largest absolute Gasteiger partial charge is 0.460 e. The summed E-state index contributed by atoms with van der Waals surface area (Å²) in [6.45, 7) is 12.0. The van der Waals surface area contributed by atoms with Crippen molar-refractivity contribution in [2.24, 2.45) is 0 Å². The number of carbonyl (C=O) groups is 1. The van der Waals surface area contributed by atoms with Crippen molar-refractivity contribution in [3.8, 4) is 5.75 Å². The summed E-state index contributed by atoms with van der Waals surface area (Å²) in [6.07, 6.45) is 1.85. The molecule has 48 heavy (non-hydrogen) atoms. The highest BCUT2D eigenvalue weighted by atomic mass is 32.2. The normalized spacial score (nSPS) is 13.7. The molecular formula is C35H45N6O5PS. The third kappa shape index (κ3) is 9.42. The highest BCUT2D eigenvalue weighted by Gasteiger charge is 2.26. The third-order valence-corrected chi connectivity index (χ3v) is 9.30. The van der Waals surface area contributed by atoms with Crippen LogP contribution in [0.15, 0.2) is 77.8 Å². The summed E-state index contributed by atoms with van der Waals surface area (Å²) in [6, 6.07) is 22.7. The fraction of sp³-hybridized carbons (Fsp3) is 0.371. The fourth-order valence-electron chi connectivity index (χ4n) is 4.91. The van der Waals surface area contributed by atoms with E-state index in [-0.39, 0.29) is 25.3 Å². The number of anilines is 1. The Morgan fingerprint density at radius 3 is 2.44 bits per heavy atom. The molecule has 13 heteroatoms. The van der Waals surface area contributed by atoms with Crippen molar-refractivity contribution < 1.29 is 23.3 Å². The van der Waals surface area contributed by atoms with Crippen molar-refractivity contribution in [1.29, 1.82) is 0 Å². The first-order valence-corrected chi connectivity index (χ1v) is 18.4. The molecule has 0 amide bonds. The zero-order valence-electron chi connectivity index (χ0n) is 28.5. The summed E-state index contributed by atoms with van der Waals surface area (Å²) in [4.78, 5) is 26.4. The number of thioether (sulfide) groups is 1. The Hall–Kier alpha value is -3.80. The van der Waals surface area contributed by atoms with E-state index in [4.69, 9.17) is 24.3 Å². The predicted octanol–water partition coefficient (Wildman–Crippen LogP) is 7.98. The van der Waals surface area contributed by atoms with Crippen LogP contribution in [0.5, 0.6) is 5.75 Å². The van der Waals surface area contributed by atoms with E-state index in [9.17, 15) is 4.79 Å². The molecule has 0 aliphatic rings. The number of nitrogens with zero attached hydrogens (tertiary/aromatic N) is 4. The lowest BCUT2D eigenvalue weighted by Crippen LogP contribution is -2.34. The van der Waals surface area contributed by atoms with Crippen molar-refractivity contribution >= 4 is 54.1 Å². The van der Waals surface area contributed by atoms with Crippen LogP contribution in [0.3, 0.4) is 0 Å². The Bertz CT molecular complexity index is 1770. The average Bonchev–Trinajstić information content (AvgIpc) is 3.45. The number of hydrogen-bond acceptors (Lipinski definition) is 11. The lowest BCUT2D eigenvalue weighted by molar-refractivity contribution is -0.146. The van der Waals surface area contributed by atoms with E-state index in [2.05, 4.69) is 20.0 Å². The summed E-state index contributed by atoms with van der Waals surface area (Å²) in [5.41, 5.74) is 8.21. The lowest BCUT2D eigenvalue weighted by atomic mass is 10.1. The molecule has 0 saturated heterocycles. The Kier molecular flexibility index (Phi) is 14.0. The number of nitrogens with one attached hydrogen (secondary N) is 1. The van der Waals surface area contributed by atoms with Gasteiger partial charge in [-0.05, 0) is 50.5 Å². The molecule has 0 aliphatic heterocycles. The van der Waals surface area contributed by atoms with Crippen molar-refractivity contribution in [1.82, 2.24) is 24.6 Å². The number of nitrogen functional groups attached to an aromatic ring is 1. The van der Waals surface area contributed by atoms with Crippen molar-refractivity contribution in [3.63, 3.8) is 0 Å². The maximum absolute atomic E-state index is 13.0. The van der Waals surface area contributed by atoms with E-state index < -0.39 is 26.8 Å². The molecule has 4 unspecified atom stereocenters. The molecular weight excluding hydrogens is 647 g/mol. The smallest absolute Gasteiger partial charge is 0.323 e. The van der Waals surface area contributed by atoms with Gasteiger partial charge in [-0.1, -0.05) is 87.5 Å². The van der Waals surface area contributed by atoms with Gasteiger partial charge >= 0.3 is 14.5 Å². The second-order valence-corrected chi connectivity index (χ2v) is 12.6. The number of ether oxygens (including phenoxy) is 2. The van der Waals surface area contributed by atoms with Crippen LogP contribution in [-0.4, -0.2) is 50.5 Å². The van der Waals surface area contributed by atoms with Gasteiger partial charge in [0.15, 0.2) is 5.65 Å². The molecule has 4 atom stereocenters. The molecule has 0 spiro atoms. The van der Waals surface area contributed by atoms with E-state index in [1.54, 1.807) is 6.92 Å². The molecule has 0 fully saturated rings. The number of nitrogens with two attached hydrogens (primary N) is 1. The molecule has 0 bridgehead atoms. The minimum atomic E-state index is -1.79. The van der Waals surface area contributed by atoms with Crippen LogP contribution in [0.2, 0.25) is 0 Å². The minimum absolute atomic E-state index is 0.176. The topological polar surface area (TPSA) is 136 Å². The molecule has 5 aromatic rings. The molecule has 11 nitrogen and oxygen atoms in total. The van der Waals surface area contributed by atoms with Gasteiger partial charge in [0.2, 0.25) is 5.95 Å². The fourth-order valence-corrected chi connectivity index (χ4v) is 6.67. The van der Waals surface area contributed by atoms with Crippen LogP contribution in [0.1, 0.15) is 58.7 Å². The van der Waals surface area contributed by atoms with Gasteiger partial charge in [-0.2, -0.15) is 4.98 Å². The number of hydrogen-bond donors (Lipinski definition) is 2. The van der Waals surface area contributed by atoms with Gasteiger partial charge in [0, 0.05) is 5.39 Å². The summed E-state index contributed by atoms with van der Waals surface area (Å²) in [7, 11) is -1.79. The van der Waals surface area contributed by atoms with Gasteiger partial charge in [0.25, 0.3) is 0 Å². The van der Waals surface area contributed by atoms with Crippen LogP contribution in [0, 0.1) is 6.92 Å². The maximum atomic E-state index is 13.0. The SMILES string of the molecule is CC.CCC(COP(NC(C)C(=O)OCc1ccccc1)Oc1cccc2ccccc12)OC(C)n1c(C)nc2c(SC)nc(N)nc21. The predicted molar refractivity (Wildman–Crippen MR) is 194 cm³/mol. The lowest BCUT2D eigenvalue weighted by Gasteiger charge is -2.26. The summed E-state index contributed by atoms with van der Waals surface area (Å²) < 4.78 is 26.7. The molecule has 5 rings (SSSR count). The first-order valence-electron chi connectivity index (χ1n) is 16.0. The first-order chi connectivity index (χ1) is 23.3. The maximum Gasteiger partial charge on any atom is 0.323 e. The monoisotopic (exact) mass is 692 g/mol. The molecule has 0 aliphatic carbocycles. The number of imidazole rings is 1. The highest BCUT2D eigenvalue weighted by Crippen LogP contribution is 2.40. The van der Waals surface area contributed by atoms with Gasteiger partial charge in [0.1, 0.15) is 41.0 Å². The van der Waals surface area contributed by atoms with Gasteiger partial charge in [-0.25, -0.2) is 15.1 Å². The van der Waals surface area contributed by atoms with Crippen molar-refractivity contribution in [3.05, 3.63) is 84.2 Å². The van der Waals surface area contributed by atoms with Crippen molar-refractivity contribution in [2.75, 3.05) is 18.6 Å². The zero-order valence-corrected chi connectivity index (χ0v) is 30.3. The number of benzene rings is 3. The quantitative estimate of drug-likeness (QED) is 0.0478. The standard InChI is InChI=1S/C33H39N6O5PS.C2H6/c1-6-26(43-23(4)39-22(3)35-29-30(39)36-33(34)37-31(29)46-5)20-42-45(44-28-18-12-16-25-15-10-11-17-27(25)28)38-21(2)32(40)41-19-24-13-8-7-9-14-24;1-2/h7-18,21,23,26,38H,6,19-20H2,1-5H3,(H2,34,36,37);1-2H3. The van der Waals surface area contributed by atoms with Gasteiger partial charge in [-0.3, -0.25) is 9.36 Å². The van der Waals surface area contributed by atoms with E-state index in [0.29, 0.717) is 28.4 Å². The zero-order chi connectivity index (χ0) is 34.6. The molecule has 0 radical (unpaired) electrons. The van der Waals surface area contributed by atoms with E-state index in [0.717, 1.165) is 22.2 Å². The van der Waals surface area contributed by atoms with Crippen LogP contribution < -0.4 is 15.3 Å². The Balaban J connectivity index is 0.00000255. The number of aromatic nitrogens is 4. The number of fused-ring (bicyclic) bond motifs is 2. The highest BCUT2D eigenvalue weighted by molar-refractivity contribution is 7.98. The molecule has 2 aromatic heterocycles. The molecule has 256 valence electrons. The summed E-state index contributed by atoms with van der Waals surface area (Å²) >= 11 is 1.47. The number of carbonyl (C=O) groups excluding carboxylic acids is 1. The molecule has 2 heterocycles. The molecule has 3 N–H and O–H groups in total. The van der Waals surface area contributed by atoms with Crippen LogP contribution >= 0.6 is 20.3 Å². The Morgan fingerprint density at radius 2 is 1.71 bits per heavy atom. The Morgan fingerprint density at radius 1 is 1.00 bits per heavy atom. The second-order valence-electron chi connectivity index (χ2n) is 10.6. The van der Waals surface area contributed by atoms with E-state index in [1.807, 2.05) is 118 Å². The number of rotatable bonds is 15. The number of aryl methyl sites for hydroxylation is 1. The second kappa shape index (κ2) is 18.1. The minimum Gasteiger partial charge on any atom is -0.460 e. The van der Waals surface area contributed by atoms with E-state index in [1.165, 1.54) is 11.8 Å². The summed E-state index contributed by atoms with van der Waals surface area (Å²) in [5.74, 6) is 1.15. The average molecular weight is 693 g/mol. The molecule has 0 saturated carbocycles. The van der Waals surface area contributed by atoms with Crippen LogP contribution in [0.25, 0.3) is 21.9 Å². The van der Waals surface area contributed by atoms with Gasteiger partial charge in [-0.15, -0.1) is 11.8 Å². The Labute approximate surface area is 287 Å². The van der Waals surface area contributed by atoms with Crippen LogP contribution in [-0.2, 0) is 25.4 Å². The number of esters is 1. The van der Waals surface area contributed by atoms with Gasteiger partial charge in [0.05, 0.1) is 12.7 Å². The summed E-state index contributed by atoms with van der Waals surface area (Å²) in [5, 5.41) is 5.90. The van der Waals surface area contributed by atoms with E-state index >= 15 is 0 Å².